The molecule has 1 aliphatic heterocycles. The van der Waals surface area contributed by atoms with E-state index in [9.17, 15) is 0 Å². The molecule has 5 heteroatoms. The number of likely N-dealkylation sites (N-methyl/N-ethyl adjacent to an activating group) is 1. The summed E-state index contributed by atoms with van der Waals surface area (Å²) in [5.41, 5.74) is 7.95. The predicted molar refractivity (Wildman–Crippen MR) is 63.5 cm³/mol. The minimum absolute atomic E-state index is 0.445. The average Bonchev–Trinajstić information content (AvgIpc) is 2.84. The molecule has 0 bridgehead atoms. The van der Waals surface area contributed by atoms with Crippen molar-refractivity contribution >= 4 is 5.82 Å². The fraction of sp³-hybridized carbons (Fsp3) is 0.727. The molecule has 0 saturated carbocycles. The van der Waals surface area contributed by atoms with E-state index in [0.717, 1.165) is 36.7 Å². The van der Waals surface area contributed by atoms with Crippen LogP contribution in [0.1, 0.15) is 17.7 Å². The summed E-state index contributed by atoms with van der Waals surface area (Å²) in [6, 6.07) is 0.445. The van der Waals surface area contributed by atoms with Crippen molar-refractivity contribution in [3.8, 4) is 0 Å². The highest BCUT2D eigenvalue weighted by atomic mass is 16.5. The zero-order chi connectivity index (χ0) is 11.7. The molecule has 0 aliphatic carbocycles. The number of rotatable bonds is 3. The minimum atomic E-state index is 0.445. The third-order valence-electron chi connectivity index (χ3n) is 3.30. The third-order valence-corrected chi connectivity index (χ3v) is 3.30. The molecular weight excluding hydrogens is 204 g/mol. The molecule has 5 nitrogen and oxygen atoms in total. The van der Waals surface area contributed by atoms with E-state index in [0.29, 0.717) is 12.6 Å². The first-order valence-electron chi connectivity index (χ1n) is 5.68. The van der Waals surface area contributed by atoms with Gasteiger partial charge in [-0.15, -0.1) is 0 Å². The van der Waals surface area contributed by atoms with Crippen LogP contribution < -0.4 is 10.6 Å². The molecule has 1 saturated heterocycles. The maximum atomic E-state index is 5.79. The van der Waals surface area contributed by atoms with E-state index in [2.05, 4.69) is 17.0 Å². The molecule has 1 aromatic heterocycles. The van der Waals surface area contributed by atoms with Gasteiger partial charge in [-0.1, -0.05) is 0 Å². The zero-order valence-electron chi connectivity index (χ0n) is 10.2. The predicted octanol–water partition coefficient (Wildman–Crippen LogP) is 0.412. The molecule has 2 heterocycles. The van der Waals surface area contributed by atoms with Gasteiger partial charge in [-0.25, -0.2) is 0 Å². The van der Waals surface area contributed by atoms with Gasteiger partial charge < -0.3 is 15.4 Å². The maximum absolute atomic E-state index is 5.79. The van der Waals surface area contributed by atoms with Crippen molar-refractivity contribution in [2.75, 3.05) is 25.2 Å². The van der Waals surface area contributed by atoms with Gasteiger partial charge in [0.05, 0.1) is 18.3 Å². The molecule has 2 N–H and O–H groups in total. The summed E-state index contributed by atoms with van der Waals surface area (Å²) in [6.45, 7) is 4.19. The fourth-order valence-electron chi connectivity index (χ4n) is 2.37. The Kier molecular flexibility index (Phi) is 3.16. The van der Waals surface area contributed by atoms with Crippen LogP contribution in [0.3, 0.4) is 0 Å². The molecule has 1 aromatic rings. The lowest BCUT2D eigenvalue weighted by atomic mass is 10.2. The van der Waals surface area contributed by atoms with Gasteiger partial charge in [-0.2, -0.15) is 5.10 Å². The van der Waals surface area contributed by atoms with Gasteiger partial charge in [0.2, 0.25) is 0 Å². The van der Waals surface area contributed by atoms with Crippen molar-refractivity contribution in [2.45, 2.75) is 25.9 Å². The summed E-state index contributed by atoms with van der Waals surface area (Å²) >= 11 is 0. The molecule has 16 heavy (non-hydrogen) atoms. The van der Waals surface area contributed by atoms with E-state index in [-0.39, 0.29) is 0 Å². The largest absolute Gasteiger partial charge is 0.379 e. The number of hydrogen-bond donors (Lipinski definition) is 1. The molecule has 1 aliphatic rings. The third kappa shape index (κ3) is 1.81. The summed E-state index contributed by atoms with van der Waals surface area (Å²) in [5.74, 6) is 1.12. The average molecular weight is 224 g/mol. The van der Waals surface area contributed by atoms with E-state index in [1.54, 1.807) is 0 Å². The standard InChI is InChI=1S/C11H20N4O/c1-8-10(6-12)11(15(3)13-8)14(2)9-4-5-16-7-9/h9H,4-7,12H2,1-3H3. The van der Waals surface area contributed by atoms with Gasteiger partial charge in [-0.3, -0.25) is 4.68 Å². The molecule has 0 radical (unpaired) electrons. The summed E-state index contributed by atoms with van der Waals surface area (Å²) in [7, 11) is 4.06. The Bertz CT molecular complexity index is 368. The van der Waals surface area contributed by atoms with Gasteiger partial charge in [0, 0.05) is 32.8 Å². The highest BCUT2D eigenvalue weighted by molar-refractivity contribution is 5.50. The lowest BCUT2D eigenvalue weighted by Gasteiger charge is -2.26. The second-order valence-corrected chi connectivity index (χ2v) is 4.34. The Morgan fingerprint density at radius 3 is 2.94 bits per heavy atom. The van der Waals surface area contributed by atoms with Crippen LogP contribution in [0.25, 0.3) is 0 Å². The Morgan fingerprint density at radius 2 is 2.38 bits per heavy atom. The minimum Gasteiger partial charge on any atom is -0.379 e. The van der Waals surface area contributed by atoms with Crippen molar-refractivity contribution in [1.29, 1.82) is 0 Å². The molecule has 1 fully saturated rings. The van der Waals surface area contributed by atoms with E-state index < -0.39 is 0 Å². The van der Waals surface area contributed by atoms with Crippen LogP contribution in [-0.2, 0) is 18.3 Å². The zero-order valence-corrected chi connectivity index (χ0v) is 10.2. The first-order chi connectivity index (χ1) is 7.65. The molecule has 1 atom stereocenters. The van der Waals surface area contributed by atoms with Gasteiger partial charge in [-0.05, 0) is 13.3 Å². The summed E-state index contributed by atoms with van der Waals surface area (Å²) in [5, 5.41) is 4.43. The van der Waals surface area contributed by atoms with Crippen molar-refractivity contribution in [2.24, 2.45) is 12.8 Å². The van der Waals surface area contributed by atoms with Crippen molar-refractivity contribution in [3.63, 3.8) is 0 Å². The van der Waals surface area contributed by atoms with E-state index >= 15 is 0 Å². The fourth-order valence-corrected chi connectivity index (χ4v) is 2.37. The number of ether oxygens (including phenoxy) is 1. The molecule has 2 rings (SSSR count). The number of nitrogens with zero attached hydrogens (tertiary/aromatic N) is 3. The van der Waals surface area contributed by atoms with Crippen LogP contribution in [0.5, 0.6) is 0 Å². The van der Waals surface area contributed by atoms with E-state index in [1.807, 2.05) is 18.7 Å². The first kappa shape index (κ1) is 11.4. The summed E-state index contributed by atoms with van der Waals surface area (Å²) in [4.78, 5) is 2.25. The number of anilines is 1. The Labute approximate surface area is 96.2 Å². The van der Waals surface area contributed by atoms with Crippen molar-refractivity contribution in [3.05, 3.63) is 11.3 Å². The topological polar surface area (TPSA) is 56.3 Å². The van der Waals surface area contributed by atoms with Gasteiger partial charge in [0.15, 0.2) is 0 Å². The Balaban J connectivity index is 2.30. The van der Waals surface area contributed by atoms with Gasteiger partial charge in [0.25, 0.3) is 0 Å². The van der Waals surface area contributed by atoms with Gasteiger partial charge >= 0.3 is 0 Å². The molecule has 0 amide bonds. The highest BCUT2D eigenvalue weighted by Crippen LogP contribution is 2.25. The van der Waals surface area contributed by atoms with E-state index in [1.165, 1.54) is 0 Å². The molecular formula is C11H20N4O. The van der Waals surface area contributed by atoms with Crippen LogP contribution in [0, 0.1) is 6.92 Å². The summed E-state index contributed by atoms with van der Waals surface area (Å²) in [6.07, 6.45) is 1.07. The number of nitrogens with two attached hydrogens (primary N) is 1. The smallest absolute Gasteiger partial charge is 0.131 e. The Morgan fingerprint density at radius 1 is 1.62 bits per heavy atom. The molecule has 0 aromatic carbocycles. The maximum Gasteiger partial charge on any atom is 0.131 e. The lowest BCUT2D eigenvalue weighted by molar-refractivity contribution is 0.193. The van der Waals surface area contributed by atoms with Crippen molar-refractivity contribution in [1.82, 2.24) is 9.78 Å². The lowest BCUT2D eigenvalue weighted by Crippen LogP contribution is -2.34. The highest BCUT2D eigenvalue weighted by Gasteiger charge is 2.25. The normalized spacial score (nSPS) is 20.4. The number of aryl methyl sites for hydroxylation is 2. The van der Waals surface area contributed by atoms with E-state index in [4.69, 9.17) is 10.5 Å². The number of hydrogen-bond acceptors (Lipinski definition) is 4. The summed E-state index contributed by atoms with van der Waals surface area (Å²) < 4.78 is 7.33. The molecule has 0 spiro atoms. The van der Waals surface area contributed by atoms with Crippen LogP contribution >= 0.6 is 0 Å². The Hall–Kier alpha value is -1.07. The molecule has 1 unspecified atom stereocenters. The van der Waals surface area contributed by atoms with Crippen LogP contribution in [0.2, 0.25) is 0 Å². The monoisotopic (exact) mass is 224 g/mol. The van der Waals surface area contributed by atoms with Crippen LogP contribution in [0.4, 0.5) is 5.82 Å². The second-order valence-electron chi connectivity index (χ2n) is 4.34. The first-order valence-corrected chi connectivity index (χ1v) is 5.68. The SMILES string of the molecule is Cc1nn(C)c(N(C)C2CCOC2)c1CN. The molecule has 90 valence electrons. The van der Waals surface area contributed by atoms with Crippen LogP contribution in [0.15, 0.2) is 0 Å². The quantitative estimate of drug-likeness (QED) is 0.808. The second kappa shape index (κ2) is 4.43. The van der Waals surface area contributed by atoms with Crippen molar-refractivity contribution < 1.29 is 4.74 Å². The van der Waals surface area contributed by atoms with Crippen LogP contribution in [-0.4, -0.2) is 36.1 Å². The number of aromatic nitrogens is 2. The van der Waals surface area contributed by atoms with Gasteiger partial charge in [0.1, 0.15) is 5.82 Å².